The summed E-state index contributed by atoms with van der Waals surface area (Å²) in [5, 5.41) is 0. The van der Waals surface area contributed by atoms with Crippen molar-refractivity contribution in [3.63, 3.8) is 0 Å². The Hall–Kier alpha value is -1.02. The molecular formula is C14H23NO. The largest absolute Gasteiger partial charge is 0.493 e. The molecule has 0 atom stereocenters. The Morgan fingerprint density at radius 2 is 1.81 bits per heavy atom. The van der Waals surface area contributed by atoms with Gasteiger partial charge in [-0.15, -0.1) is 0 Å². The van der Waals surface area contributed by atoms with Crippen LogP contribution < -0.4 is 10.5 Å². The molecule has 2 heteroatoms. The van der Waals surface area contributed by atoms with Crippen molar-refractivity contribution in [2.75, 3.05) is 13.2 Å². The molecule has 0 fully saturated rings. The molecule has 2 N–H and O–H groups in total. The summed E-state index contributed by atoms with van der Waals surface area (Å²) in [6, 6.07) is 4.43. The van der Waals surface area contributed by atoms with Gasteiger partial charge < -0.3 is 10.5 Å². The second-order valence-corrected chi connectivity index (χ2v) is 4.30. The fraction of sp³-hybridized carbons (Fsp3) is 0.571. The number of rotatable bonds is 6. The van der Waals surface area contributed by atoms with Crippen molar-refractivity contribution in [2.45, 2.75) is 40.0 Å². The number of hydrogen-bond donors (Lipinski definition) is 1. The summed E-state index contributed by atoms with van der Waals surface area (Å²) in [7, 11) is 0. The first-order valence-electron chi connectivity index (χ1n) is 6.12. The van der Waals surface area contributed by atoms with Crippen LogP contribution in [0.2, 0.25) is 0 Å². The summed E-state index contributed by atoms with van der Waals surface area (Å²) in [6.45, 7) is 7.91. The maximum Gasteiger partial charge on any atom is 0.125 e. The number of hydrogen-bond acceptors (Lipinski definition) is 2. The molecule has 0 saturated heterocycles. The average Bonchev–Trinajstić information content (AvgIpc) is 2.25. The highest BCUT2D eigenvalue weighted by molar-refractivity contribution is 5.43. The van der Waals surface area contributed by atoms with Gasteiger partial charge in [0.2, 0.25) is 0 Å². The van der Waals surface area contributed by atoms with Crippen LogP contribution in [-0.4, -0.2) is 13.2 Å². The minimum atomic E-state index is 0.756. The molecule has 0 aliphatic heterocycles. The highest BCUT2D eigenvalue weighted by Gasteiger charge is 2.05. The highest BCUT2D eigenvalue weighted by Crippen LogP contribution is 2.25. The van der Waals surface area contributed by atoms with Crippen molar-refractivity contribution in [2.24, 2.45) is 5.73 Å². The Morgan fingerprint density at radius 1 is 1.19 bits per heavy atom. The van der Waals surface area contributed by atoms with Crippen LogP contribution in [0.25, 0.3) is 0 Å². The summed E-state index contributed by atoms with van der Waals surface area (Å²) in [4.78, 5) is 0. The van der Waals surface area contributed by atoms with Gasteiger partial charge in [0.05, 0.1) is 6.61 Å². The molecule has 0 bridgehead atoms. The van der Waals surface area contributed by atoms with Crippen LogP contribution in [0.4, 0.5) is 0 Å². The van der Waals surface area contributed by atoms with E-state index in [0.717, 1.165) is 38.2 Å². The first-order valence-corrected chi connectivity index (χ1v) is 6.12. The fourth-order valence-corrected chi connectivity index (χ4v) is 1.92. The van der Waals surface area contributed by atoms with Crippen molar-refractivity contribution in [3.05, 3.63) is 28.8 Å². The zero-order chi connectivity index (χ0) is 12.0. The zero-order valence-corrected chi connectivity index (χ0v) is 10.7. The van der Waals surface area contributed by atoms with Gasteiger partial charge in [-0.05, 0) is 56.3 Å². The van der Waals surface area contributed by atoms with Crippen LogP contribution in [0.3, 0.4) is 0 Å². The zero-order valence-electron chi connectivity index (χ0n) is 10.7. The van der Waals surface area contributed by atoms with Gasteiger partial charge >= 0.3 is 0 Å². The lowest BCUT2D eigenvalue weighted by Gasteiger charge is -2.13. The first kappa shape index (κ1) is 13.0. The number of aryl methyl sites for hydroxylation is 3. The van der Waals surface area contributed by atoms with Gasteiger partial charge in [0.1, 0.15) is 5.75 Å². The lowest BCUT2D eigenvalue weighted by molar-refractivity contribution is 0.313. The van der Waals surface area contributed by atoms with Gasteiger partial charge in [0.25, 0.3) is 0 Å². The molecule has 1 aromatic rings. The number of nitrogens with two attached hydrogens (primary N) is 1. The molecule has 2 nitrogen and oxygen atoms in total. The summed E-state index contributed by atoms with van der Waals surface area (Å²) >= 11 is 0. The highest BCUT2D eigenvalue weighted by atomic mass is 16.5. The van der Waals surface area contributed by atoms with Crippen LogP contribution in [0, 0.1) is 13.8 Å². The maximum absolute atomic E-state index is 5.75. The molecule has 0 spiro atoms. The van der Waals surface area contributed by atoms with E-state index in [4.69, 9.17) is 10.5 Å². The summed E-state index contributed by atoms with van der Waals surface area (Å²) in [6.07, 6.45) is 3.16. The number of ether oxygens (including phenoxy) is 1. The Kier molecular flexibility index (Phi) is 5.33. The smallest absolute Gasteiger partial charge is 0.125 e. The molecule has 0 aromatic heterocycles. The third-order valence-corrected chi connectivity index (χ3v) is 2.64. The minimum absolute atomic E-state index is 0.756. The van der Waals surface area contributed by atoms with Crippen molar-refractivity contribution < 1.29 is 4.74 Å². The molecule has 0 radical (unpaired) electrons. The first-order chi connectivity index (χ1) is 7.69. The van der Waals surface area contributed by atoms with Crippen molar-refractivity contribution in [1.29, 1.82) is 0 Å². The van der Waals surface area contributed by atoms with E-state index >= 15 is 0 Å². The Labute approximate surface area is 98.8 Å². The molecule has 1 rings (SSSR count). The fourth-order valence-electron chi connectivity index (χ4n) is 1.92. The summed E-state index contributed by atoms with van der Waals surface area (Å²) in [5.74, 6) is 1.05. The van der Waals surface area contributed by atoms with Crippen molar-refractivity contribution in [1.82, 2.24) is 0 Å². The second-order valence-electron chi connectivity index (χ2n) is 4.30. The van der Waals surface area contributed by atoms with Crippen molar-refractivity contribution in [3.8, 4) is 5.75 Å². The van der Waals surface area contributed by atoms with Crippen LogP contribution in [0.5, 0.6) is 5.75 Å². The van der Waals surface area contributed by atoms with Crippen LogP contribution >= 0.6 is 0 Å². The van der Waals surface area contributed by atoms with Gasteiger partial charge in [-0.1, -0.05) is 19.1 Å². The Morgan fingerprint density at radius 3 is 2.31 bits per heavy atom. The van der Waals surface area contributed by atoms with Crippen LogP contribution in [-0.2, 0) is 6.42 Å². The molecule has 1 aromatic carbocycles. The summed E-state index contributed by atoms with van der Waals surface area (Å²) in [5.41, 5.74) is 9.36. The molecule has 0 amide bonds. The quantitative estimate of drug-likeness (QED) is 0.801. The van der Waals surface area contributed by atoms with Gasteiger partial charge in [-0.3, -0.25) is 0 Å². The van der Waals surface area contributed by atoms with Gasteiger partial charge in [-0.25, -0.2) is 0 Å². The SMILES string of the molecule is CCCOc1c(C)cc(CCCN)cc1C. The van der Waals surface area contributed by atoms with Gasteiger partial charge in [0, 0.05) is 0 Å². The Bertz CT molecular complexity index is 311. The third kappa shape index (κ3) is 3.53. The lowest BCUT2D eigenvalue weighted by Crippen LogP contribution is -2.03. The van der Waals surface area contributed by atoms with E-state index in [1.165, 1.54) is 16.7 Å². The average molecular weight is 221 g/mol. The molecule has 0 saturated carbocycles. The van der Waals surface area contributed by atoms with E-state index in [2.05, 4.69) is 32.9 Å². The standard InChI is InChI=1S/C14H23NO/c1-4-8-16-14-11(2)9-13(6-5-7-15)10-12(14)3/h9-10H,4-8,15H2,1-3H3. The van der Waals surface area contributed by atoms with E-state index in [1.54, 1.807) is 0 Å². The normalized spacial score (nSPS) is 10.5. The van der Waals surface area contributed by atoms with E-state index in [0.29, 0.717) is 0 Å². The monoisotopic (exact) mass is 221 g/mol. The molecule has 0 aliphatic rings. The van der Waals surface area contributed by atoms with Gasteiger partial charge in [0.15, 0.2) is 0 Å². The number of benzene rings is 1. The Balaban J connectivity index is 2.80. The molecule has 16 heavy (non-hydrogen) atoms. The van der Waals surface area contributed by atoms with E-state index in [-0.39, 0.29) is 0 Å². The summed E-state index contributed by atoms with van der Waals surface area (Å²) < 4.78 is 5.75. The maximum atomic E-state index is 5.75. The predicted molar refractivity (Wildman–Crippen MR) is 69.1 cm³/mol. The topological polar surface area (TPSA) is 35.2 Å². The van der Waals surface area contributed by atoms with Crippen molar-refractivity contribution >= 4 is 0 Å². The second kappa shape index (κ2) is 6.54. The molecule has 0 heterocycles. The predicted octanol–water partition coefficient (Wildman–Crippen LogP) is 2.98. The molecule has 90 valence electrons. The minimum Gasteiger partial charge on any atom is -0.493 e. The molecule has 0 aliphatic carbocycles. The van der Waals surface area contributed by atoms with Crippen LogP contribution in [0.1, 0.15) is 36.5 Å². The van der Waals surface area contributed by atoms with Gasteiger partial charge in [-0.2, -0.15) is 0 Å². The molecular weight excluding hydrogens is 198 g/mol. The van der Waals surface area contributed by atoms with E-state index in [1.807, 2.05) is 0 Å². The lowest BCUT2D eigenvalue weighted by atomic mass is 10.0. The van der Waals surface area contributed by atoms with E-state index < -0.39 is 0 Å². The third-order valence-electron chi connectivity index (χ3n) is 2.64. The van der Waals surface area contributed by atoms with Crippen LogP contribution in [0.15, 0.2) is 12.1 Å². The molecule has 0 unspecified atom stereocenters. The van der Waals surface area contributed by atoms with E-state index in [9.17, 15) is 0 Å².